The van der Waals surface area contributed by atoms with Gasteiger partial charge in [-0.2, -0.15) is 0 Å². The number of nitro groups is 1. The minimum atomic E-state index is -1.26. The van der Waals surface area contributed by atoms with Crippen molar-refractivity contribution in [1.82, 2.24) is 5.32 Å². The smallest absolute Gasteiger partial charge is 0.333 e. The van der Waals surface area contributed by atoms with Gasteiger partial charge in [0.15, 0.2) is 5.54 Å². The zero-order chi connectivity index (χ0) is 17.9. The van der Waals surface area contributed by atoms with Crippen molar-refractivity contribution in [3.8, 4) is 0 Å². The number of carbonyl (C=O) groups is 1. The van der Waals surface area contributed by atoms with Crippen molar-refractivity contribution >= 4 is 5.97 Å². The van der Waals surface area contributed by atoms with Crippen LogP contribution in [0.15, 0.2) is 72.6 Å². The van der Waals surface area contributed by atoms with E-state index in [2.05, 4.69) is 5.32 Å². The molecule has 0 aromatic heterocycles. The molecule has 0 fully saturated rings. The van der Waals surface area contributed by atoms with Crippen molar-refractivity contribution in [2.24, 2.45) is 0 Å². The molecule has 6 heteroatoms. The summed E-state index contributed by atoms with van der Waals surface area (Å²) in [4.78, 5) is 23.9. The van der Waals surface area contributed by atoms with Gasteiger partial charge in [0.05, 0.1) is 18.2 Å². The van der Waals surface area contributed by atoms with Crippen molar-refractivity contribution < 1.29 is 14.5 Å². The Bertz CT molecular complexity index is 805. The van der Waals surface area contributed by atoms with Gasteiger partial charge >= 0.3 is 5.97 Å². The van der Waals surface area contributed by atoms with Gasteiger partial charge in [0.25, 0.3) is 5.70 Å². The first kappa shape index (κ1) is 16.7. The van der Waals surface area contributed by atoms with Crippen LogP contribution in [-0.4, -0.2) is 23.5 Å². The molecule has 1 N–H and O–H groups in total. The summed E-state index contributed by atoms with van der Waals surface area (Å²) in [7, 11) is 1.29. The van der Waals surface area contributed by atoms with Gasteiger partial charge in [-0.3, -0.25) is 10.1 Å². The molecular weight excluding hydrogens is 320 g/mol. The van der Waals surface area contributed by atoms with Crippen LogP contribution < -0.4 is 5.32 Å². The Hall–Kier alpha value is -3.15. The Morgan fingerprint density at radius 3 is 2.32 bits per heavy atom. The molecule has 0 saturated carbocycles. The zero-order valence-electron chi connectivity index (χ0n) is 13.7. The van der Waals surface area contributed by atoms with Gasteiger partial charge in [-0.25, -0.2) is 4.79 Å². The molecule has 2 aromatic rings. The summed E-state index contributed by atoms with van der Waals surface area (Å²) >= 11 is 0. The van der Waals surface area contributed by atoms with E-state index in [1.54, 1.807) is 24.3 Å². The van der Waals surface area contributed by atoms with E-state index in [0.717, 1.165) is 5.56 Å². The number of ether oxygens (including phenoxy) is 1. The predicted octanol–water partition coefficient (Wildman–Crippen LogP) is 2.65. The summed E-state index contributed by atoms with van der Waals surface area (Å²) in [5.41, 5.74) is 0.267. The highest BCUT2D eigenvalue weighted by atomic mass is 16.6. The lowest BCUT2D eigenvalue weighted by atomic mass is 9.75. The Labute approximate surface area is 145 Å². The average molecular weight is 338 g/mol. The maximum atomic E-state index is 12.8. The van der Waals surface area contributed by atoms with Crippen LogP contribution in [0.2, 0.25) is 0 Å². The maximum Gasteiger partial charge on any atom is 0.333 e. The predicted molar refractivity (Wildman–Crippen MR) is 92.3 cm³/mol. The molecule has 128 valence electrons. The van der Waals surface area contributed by atoms with E-state index >= 15 is 0 Å². The first-order valence-electron chi connectivity index (χ1n) is 7.88. The molecule has 0 radical (unpaired) electrons. The summed E-state index contributed by atoms with van der Waals surface area (Å²) in [6.45, 7) is 0. The van der Waals surface area contributed by atoms with E-state index in [1.165, 1.54) is 13.3 Å². The first-order chi connectivity index (χ1) is 12.1. The van der Waals surface area contributed by atoms with Crippen LogP contribution in [0.3, 0.4) is 0 Å². The Balaban J connectivity index is 2.12. The molecule has 0 amide bonds. The van der Waals surface area contributed by atoms with E-state index in [-0.39, 0.29) is 12.1 Å². The topological polar surface area (TPSA) is 81.5 Å². The van der Waals surface area contributed by atoms with E-state index in [4.69, 9.17) is 4.74 Å². The highest BCUT2D eigenvalue weighted by Crippen LogP contribution is 2.42. The molecule has 1 aliphatic rings. The third-order valence-corrected chi connectivity index (χ3v) is 4.49. The van der Waals surface area contributed by atoms with Gasteiger partial charge in [0, 0.05) is 6.42 Å². The Kier molecular flexibility index (Phi) is 4.52. The highest BCUT2D eigenvalue weighted by molar-refractivity contribution is 5.84. The summed E-state index contributed by atoms with van der Waals surface area (Å²) < 4.78 is 5.03. The molecule has 1 aliphatic heterocycles. The van der Waals surface area contributed by atoms with Gasteiger partial charge in [-0.15, -0.1) is 0 Å². The number of nitrogens with one attached hydrogen (secondary N) is 1. The number of benzene rings is 2. The van der Waals surface area contributed by atoms with Gasteiger partial charge in [-0.05, 0) is 11.1 Å². The summed E-state index contributed by atoms with van der Waals surface area (Å²) in [6.07, 6.45) is 1.59. The maximum absolute atomic E-state index is 12.8. The number of esters is 1. The van der Waals surface area contributed by atoms with Crippen LogP contribution >= 0.6 is 0 Å². The molecule has 0 aliphatic carbocycles. The lowest BCUT2D eigenvalue weighted by molar-refractivity contribution is -0.429. The summed E-state index contributed by atoms with van der Waals surface area (Å²) in [5.74, 6) is -1.28. The molecule has 0 spiro atoms. The molecular formula is C19H18N2O4. The molecule has 0 unspecified atom stereocenters. The normalized spacial score (nSPS) is 22.0. The average Bonchev–Trinajstić information content (AvgIpc) is 3.03. The molecule has 2 aromatic carbocycles. The zero-order valence-corrected chi connectivity index (χ0v) is 13.7. The van der Waals surface area contributed by atoms with Crippen LogP contribution in [0.5, 0.6) is 0 Å². The third kappa shape index (κ3) is 2.98. The van der Waals surface area contributed by atoms with Crippen molar-refractivity contribution in [1.29, 1.82) is 0 Å². The number of nitrogens with zero attached hydrogens (tertiary/aromatic N) is 1. The quantitative estimate of drug-likeness (QED) is 0.515. The van der Waals surface area contributed by atoms with E-state index in [1.807, 2.05) is 36.4 Å². The second-order valence-electron chi connectivity index (χ2n) is 5.94. The number of hydrogen-bond acceptors (Lipinski definition) is 5. The van der Waals surface area contributed by atoms with Crippen LogP contribution in [0.25, 0.3) is 0 Å². The van der Waals surface area contributed by atoms with Crippen molar-refractivity contribution in [3.05, 3.63) is 93.8 Å². The molecule has 6 nitrogen and oxygen atoms in total. The fourth-order valence-corrected chi connectivity index (χ4v) is 3.38. The van der Waals surface area contributed by atoms with Crippen molar-refractivity contribution in [3.63, 3.8) is 0 Å². The fraction of sp³-hybridized carbons (Fsp3) is 0.211. The van der Waals surface area contributed by atoms with Crippen LogP contribution in [-0.2, 0) is 16.0 Å². The fourth-order valence-electron chi connectivity index (χ4n) is 3.38. The summed E-state index contributed by atoms with van der Waals surface area (Å²) in [5, 5.41) is 14.6. The van der Waals surface area contributed by atoms with Gasteiger partial charge in [0.2, 0.25) is 0 Å². The van der Waals surface area contributed by atoms with E-state index in [0.29, 0.717) is 5.56 Å². The van der Waals surface area contributed by atoms with Crippen molar-refractivity contribution in [2.45, 2.75) is 17.9 Å². The lowest BCUT2D eigenvalue weighted by Crippen LogP contribution is -2.54. The van der Waals surface area contributed by atoms with Crippen LogP contribution in [0.1, 0.15) is 17.0 Å². The molecule has 1 heterocycles. The molecule has 0 bridgehead atoms. The largest absolute Gasteiger partial charge is 0.467 e. The molecule has 3 rings (SSSR count). The minimum absolute atomic E-state index is 0.0486. The number of hydrogen-bond donors (Lipinski definition) is 1. The number of rotatable bonds is 5. The van der Waals surface area contributed by atoms with E-state index in [9.17, 15) is 14.9 Å². The molecule has 2 atom stereocenters. The SMILES string of the molecule is COC(=O)[C@@]1(Cc2ccccc2)NC=C([N+](=O)[O-])[C@@H]1c1ccccc1. The molecule has 25 heavy (non-hydrogen) atoms. The summed E-state index contributed by atoms with van der Waals surface area (Å²) in [6, 6.07) is 18.4. The second kappa shape index (κ2) is 6.76. The minimum Gasteiger partial charge on any atom is -0.467 e. The second-order valence-corrected chi connectivity index (χ2v) is 5.94. The van der Waals surface area contributed by atoms with E-state index < -0.39 is 22.3 Å². The third-order valence-electron chi connectivity index (χ3n) is 4.49. The Morgan fingerprint density at radius 1 is 1.16 bits per heavy atom. The van der Waals surface area contributed by atoms with Crippen LogP contribution in [0, 0.1) is 10.1 Å². The number of carbonyl (C=O) groups excluding carboxylic acids is 1. The standard InChI is InChI=1S/C19H18N2O4/c1-25-18(22)19(12-14-8-4-2-5-9-14)17(15-10-6-3-7-11-15)16(13-20-19)21(23)24/h2-11,13,17,20H,12H2,1H3/t17-,19-/m0/s1. The monoisotopic (exact) mass is 338 g/mol. The van der Waals surface area contributed by atoms with Crippen molar-refractivity contribution in [2.75, 3.05) is 7.11 Å². The number of methoxy groups -OCH3 is 1. The van der Waals surface area contributed by atoms with Gasteiger partial charge < -0.3 is 10.1 Å². The van der Waals surface area contributed by atoms with Crippen LogP contribution in [0.4, 0.5) is 0 Å². The molecule has 0 saturated heterocycles. The highest BCUT2D eigenvalue weighted by Gasteiger charge is 2.56. The van der Waals surface area contributed by atoms with Gasteiger partial charge in [-0.1, -0.05) is 60.7 Å². The first-order valence-corrected chi connectivity index (χ1v) is 7.88. The lowest BCUT2D eigenvalue weighted by Gasteiger charge is -2.33. The van der Waals surface area contributed by atoms with Gasteiger partial charge in [0.1, 0.15) is 5.92 Å². The Morgan fingerprint density at radius 2 is 1.76 bits per heavy atom.